The fourth-order valence-corrected chi connectivity index (χ4v) is 4.06. The lowest BCUT2D eigenvalue weighted by molar-refractivity contribution is 0.0802. The van der Waals surface area contributed by atoms with Crippen LogP contribution < -0.4 is 4.90 Å². The number of thioether (sulfide) groups is 1. The lowest BCUT2D eigenvalue weighted by atomic mass is 10.1. The van der Waals surface area contributed by atoms with Gasteiger partial charge in [0.05, 0.1) is 12.3 Å². The number of anilines is 1. The summed E-state index contributed by atoms with van der Waals surface area (Å²) in [5.74, 6) is 1.71. The number of carbonyl (C=O) groups excluding carboxylic acids is 1. The van der Waals surface area contributed by atoms with E-state index in [4.69, 9.17) is 9.72 Å². The van der Waals surface area contributed by atoms with E-state index < -0.39 is 0 Å². The molecule has 0 atom stereocenters. The Labute approximate surface area is 183 Å². The molecule has 0 saturated carbocycles. The van der Waals surface area contributed by atoms with Crippen molar-refractivity contribution >= 4 is 23.5 Å². The summed E-state index contributed by atoms with van der Waals surface area (Å²) in [4.78, 5) is 28.3. The lowest BCUT2D eigenvalue weighted by Crippen LogP contribution is -2.44. The number of piperazine rings is 1. The Morgan fingerprint density at radius 2 is 1.97 bits per heavy atom. The molecule has 0 unspecified atom stereocenters. The third-order valence-corrected chi connectivity index (χ3v) is 6.15. The van der Waals surface area contributed by atoms with Crippen molar-refractivity contribution in [3.63, 3.8) is 0 Å². The molecular formula is C22H31N5O2S. The summed E-state index contributed by atoms with van der Waals surface area (Å²) in [5, 5.41) is 0.737. The molecule has 1 aromatic heterocycles. The van der Waals surface area contributed by atoms with Gasteiger partial charge >= 0.3 is 0 Å². The molecule has 0 aliphatic carbocycles. The number of methoxy groups -OCH3 is 1. The first-order valence-corrected chi connectivity index (χ1v) is 11.3. The molecule has 1 saturated heterocycles. The van der Waals surface area contributed by atoms with Crippen molar-refractivity contribution in [1.29, 1.82) is 0 Å². The van der Waals surface area contributed by atoms with E-state index in [2.05, 4.69) is 21.8 Å². The Kier molecular flexibility index (Phi) is 8.07. The number of rotatable bonds is 8. The number of ether oxygens (including phenoxy) is 1. The van der Waals surface area contributed by atoms with Crippen LogP contribution in [-0.4, -0.2) is 79.6 Å². The number of benzene rings is 1. The van der Waals surface area contributed by atoms with Gasteiger partial charge < -0.3 is 19.4 Å². The predicted octanol–water partition coefficient (Wildman–Crippen LogP) is 2.76. The minimum Gasteiger partial charge on any atom is -0.378 e. The fourth-order valence-electron chi connectivity index (χ4n) is 3.25. The molecule has 1 aromatic carbocycles. The Morgan fingerprint density at radius 1 is 1.20 bits per heavy atom. The Morgan fingerprint density at radius 3 is 2.67 bits per heavy atom. The van der Waals surface area contributed by atoms with Crippen molar-refractivity contribution in [2.75, 3.05) is 58.8 Å². The average molecular weight is 430 g/mol. The van der Waals surface area contributed by atoms with E-state index in [0.717, 1.165) is 48.4 Å². The smallest absolute Gasteiger partial charge is 0.253 e. The summed E-state index contributed by atoms with van der Waals surface area (Å²) >= 11 is 1.59. The number of hydrogen-bond acceptors (Lipinski definition) is 7. The third-order valence-electron chi connectivity index (χ3n) is 5.23. The van der Waals surface area contributed by atoms with E-state index in [1.54, 1.807) is 23.8 Å². The number of likely N-dealkylation sites (N-methyl/N-ethyl adjacent to an activating group) is 1. The number of amides is 1. The van der Waals surface area contributed by atoms with Gasteiger partial charge in [0.25, 0.3) is 5.91 Å². The molecule has 8 heteroatoms. The number of aromatic nitrogens is 2. The standard InChI is InChI=1S/C22H31N5O2S/c1-5-26(3)21(28)18-8-6-7-17(13-18)16-30-22-23-19(15-29-4)14-20(24-22)27-11-9-25(2)10-12-27/h6-8,13-14H,5,9-12,15-16H2,1-4H3. The van der Waals surface area contributed by atoms with Gasteiger partial charge in [-0.1, -0.05) is 23.9 Å². The predicted molar refractivity (Wildman–Crippen MR) is 121 cm³/mol. The molecule has 1 aliphatic rings. The Hall–Kier alpha value is -2.16. The highest BCUT2D eigenvalue weighted by molar-refractivity contribution is 7.98. The summed E-state index contributed by atoms with van der Waals surface area (Å²) in [6.07, 6.45) is 0. The van der Waals surface area contributed by atoms with Crippen LogP contribution in [0.2, 0.25) is 0 Å². The van der Waals surface area contributed by atoms with Crippen LogP contribution in [0.5, 0.6) is 0 Å². The molecule has 7 nitrogen and oxygen atoms in total. The normalized spacial score (nSPS) is 14.7. The van der Waals surface area contributed by atoms with Gasteiger partial charge in [0.1, 0.15) is 5.82 Å². The molecule has 1 aliphatic heterocycles. The first-order chi connectivity index (χ1) is 14.5. The van der Waals surface area contributed by atoms with Gasteiger partial charge in [0, 0.05) is 64.3 Å². The van der Waals surface area contributed by atoms with Crippen LogP contribution >= 0.6 is 11.8 Å². The summed E-state index contributed by atoms with van der Waals surface area (Å²) in [6, 6.07) is 9.82. The SMILES string of the molecule is CCN(C)C(=O)c1cccc(CSc2nc(COC)cc(N3CCN(C)CC3)n2)c1. The largest absolute Gasteiger partial charge is 0.378 e. The van der Waals surface area contributed by atoms with Gasteiger partial charge in [-0.25, -0.2) is 9.97 Å². The van der Waals surface area contributed by atoms with Crippen LogP contribution in [0.4, 0.5) is 5.82 Å². The highest BCUT2D eigenvalue weighted by Crippen LogP contribution is 2.24. The molecule has 3 rings (SSSR count). The highest BCUT2D eigenvalue weighted by atomic mass is 32.2. The van der Waals surface area contributed by atoms with Crippen LogP contribution in [0.25, 0.3) is 0 Å². The summed E-state index contributed by atoms with van der Waals surface area (Å²) in [6.45, 7) is 7.09. The maximum Gasteiger partial charge on any atom is 0.253 e. The van der Waals surface area contributed by atoms with E-state index in [1.165, 1.54) is 0 Å². The van der Waals surface area contributed by atoms with E-state index >= 15 is 0 Å². The van der Waals surface area contributed by atoms with Gasteiger partial charge in [-0.2, -0.15) is 0 Å². The maximum atomic E-state index is 12.4. The second-order valence-corrected chi connectivity index (χ2v) is 8.47. The van der Waals surface area contributed by atoms with Crippen molar-refractivity contribution in [2.24, 2.45) is 0 Å². The minimum atomic E-state index is 0.0417. The van der Waals surface area contributed by atoms with E-state index in [0.29, 0.717) is 24.5 Å². The van der Waals surface area contributed by atoms with Gasteiger partial charge in [0.2, 0.25) is 0 Å². The minimum absolute atomic E-state index is 0.0417. The molecule has 162 valence electrons. The zero-order valence-electron chi connectivity index (χ0n) is 18.3. The van der Waals surface area contributed by atoms with Gasteiger partial charge in [-0.3, -0.25) is 4.79 Å². The third kappa shape index (κ3) is 5.93. The molecule has 1 fully saturated rings. The molecular weight excluding hydrogens is 398 g/mol. The molecule has 30 heavy (non-hydrogen) atoms. The Balaban J connectivity index is 1.73. The molecule has 0 spiro atoms. The van der Waals surface area contributed by atoms with Crippen LogP contribution in [0.1, 0.15) is 28.5 Å². The molecule has 2 aromatic rings. The first kappa shape index (κ1) is 22.5. The van der Waals surface area contributed by atoms with Crippen LogP contribution in [-0.2, 0) is 17.1 Å². The summed E-state index contributed by atoms with van der Waals surface area (Å²) in [5.41, 5.74) is 2.68. The monoisotopic (exact) mass is 429 g/mol. The van der Waals surface area contributed by atoms with Crippen LogP contribution in [0, 0.1) is 0 Å². The molecule has 0 N–H and O–H groups in total. The number of nitrogens with zero attached hydrogens (tertiary/aromatic N) is 5. The lowest BCUT2D eigenvalue weighted by Gasteiger charge is -2.33. The van der Waals surface area contributed by atoms with Crippen LogP contribution in [0.15, 0.2) is 35.5 Å². The molecule has 1 amide bonds. The van der Waals surface area contributed by atoms with Gasteiger partial charge in [-0.15, -0.1) is 0 Å². The van der Waals surface area contributed by atoms with E-state index in [9.17, 15) is 4.79 Å². The van der Waals surface area contributed by atoms with E-state index in [1.807, 2.05) is 44.3 Å². The number of hydrogen-bond donors (Lipinski definition) is 0. The quantitative estimate of drug-likeness (QED) is 0.472. The van der Waals surface area contributed by atoms with Crippen molar-refractivity contribution < 1.29 is 9.53 Å². The first-order valence-electron chi connectivity index (χ1n) is 10.3. The Bertz CT molecular complexity index is 855. The molecule has 0 radical (unpaired) electrons. The maximum absolute atomic E-state index is 12.4. The number of carbonyl (C=O) groups is 1. The topological polar surface area (TPSA) is 61.8 Å². The van der Waals surface area contributed by atoms with Crippen molar-refractivity contribution in [2.45, 2.75) is 24.4 Å². The zero-order valence-corrected chi connectivity index (χ0v) is 19.1. The second-order valence-electron chi connectivity index (χ2n) is 7.53. The zero-order chi connectivity index (χ0) is 21.5. The van der Waals surface area contributed by atoms with Crippen molar-refractivity contribution in [3.8, 4) is 0 Å². The molecule has 0 bridgehead atoms. The average Bonchev–Trinajstić information content (AvgIpc) is 2.77. The summed E-state index contributed by atoms with van der Waals surface area (Å²) < 4.78 is 5.31. The molecule has 2 heterocycles. The van der Waals surface area contributed by atoms with Crippen molar-refractivity contribution in [3.05, 3.63) is 47.2 Å². The van der Waals surface area contributed by atoms with Crippen molar-refractivity contribution in [1.82, 2.24) is 19.8 Å². The van der Waals surface area contributed by atoms with Gasteiger partial charge in [0.15, 0.2) is 5.16 Å². The van der Waals surface area contributed by atoms with Gasteiger partial charge in [-0.05, 0) is 31.7 Å². The highest BCUT2D eigenvalue weighted by Gasteiger charge is 2.17. The second kappa shape index (κ2) is 10.7. The van der Waals surface area contributed by atoms with E-state index in [-0.39, 0.29) is 5.91 Å². The van der Waals surface area contributed by atoms with Crippen LogP contribution in [0.3, 0.4) is 0 Å². The fraction of sp³-hybridized carbons (Fsp3) is 0.500. The summed E-state index contributed by atoms with van der Waals surface area (Å²) in [7, 11) is 5.64.